The quantitative estimate of drug-likeness (QED) is 0.672. The fourth-order valence-corrected chi connectivity index (χ4v) is 3.02. The summed E-state index contributed by atoms with van der Waals surface area (Å²) in [5.74, 6) is 0. The van der Waals surface area contributed by atoms with E-state index in [-0.39, 0.29) is 5.69 Å². The molecule has 2 aromatic rings. The van der Waals surface area contributed by atoms with Gasteiger partial charge in [-0.15, -0.1) is 11.3 Å². The highest BCUT2D eigenvalue weighted by Gasteiger charge is 2.10. The summed E-state index contributed by atoms with van der Waals surface area (Å²) in [6.45, 7) is 4.61. The van der Waals surface area contributed by atoms with Gasteiger partial charge in [-0.1, -0.05) is 0 Å². The van der Waals surface area contributed by atoms with Crippen LogP contribution >= 0.6 is 27.3 Å². The largest absolute Gasteiger partial charge is 0.378 e. The standard InChI is InChI=1S/C12H12BrN3O2S/c1-7-12(15-8(2)19-7)6-14-11-4-3-9(16(17)18)5-10(11)13/h3-5,14H,6H2,1-2H3. The Morgan fingerprint density at radius 1 is 1.47 bits per heavy atom. The van der Waals surface area contributed by atoms with Gasteiger partial charge in [-0.2, -0.15) is 0 Å². The number of hydrogen-bond donors (Lipinski definition) is 1. The third-order valence-corrected chi connectivity index (χ3v) is 4.19. The Morgan fingerprint density at radius 2 is 2.21 bits per heavy atom. The maximum absolute atomic E-state index is 10.6. The molecule has 0 bridgehead atoms. The van der Waals surface area contributed by atoms with Crippen molar-refractivity contribution in [3.63, 3.8) is 0 Å². The molecule has 0 spiro atoms. The fourth-order valence-electron chi connectivity index (χ4n) is 1.68. The Morgan fingerprint density at radius 3 is 2.74 bits per heavy atom. The highest BCUT2D eigenvalue weighted by atomic mass is 79.9. The van der Waals surface area contributed by atoms with Crippen LogP contribution in [0.4, 0.5) is 11.4 Å². The first-order chi connectivity index (χ1) is 8.97. The van der Waals surface area contributed by atoms with Gasteiger partial charge in [0, 0.05) is 27.2 Å². The molecule has 1 N–H and O–H groups in total. The zero-order valence-electron chi connectivity index (χ0n) is 10.4. The minimum absolute atomic E-state index is 0.0677. The average molecular weight is 342 g/mol. The van der Waals surface area contributed by atoms with E-state index >= 15 is 0 Å². The first-order valence-electron chi connectivity index (χ1n) is 5.58. The molecule has 0 aliphatic heterocycles. The van der Waals surface area contributed by atoms with Crippen molar-refractivity contribution in [1.29, 1.82) is 0 Å². The second-order valence-corrected chi connectivity index (χ2v) is 6.27. The highest BCUT2D eigenvalue weighted by Crippen LogP contribution is 2.28. The number of anilines is 1. The van der Waals surface area contributed by atoms with Crippen LogP contribution < -0.4 is 5.32 Å². The van der Waals surface area contributed by atoms with Gasteiger partial charge >= 0.3 is 0 Å². The Labute approximate surface area is 123 Å². The molecule has 0 amide bonds. The molecular formula is C12H12BrN3O2S. The van der Waals surface area contributed by atoms with Gasteiger partial charge in [0.1, 0.15) is 0 Å². The van der Waals surface area contributed by atoms with Gasteiger partial charge in [-0.25, -0.2) is 4.98 Å². The van der Waals surface area contributed by atoms with E-state index in [4.69, 9.17) is 0 Å². The SMILES string of the molecule is Cc1nc(CNc2ccc([N+](=O)[O-])cc2Br)c(C)s1. The van der Waals surface area contributed by atoms with Crippen molar-refractivity contribution >= 4 is 38.6 Å². The number of nitro groups is 1. The number of nitro benzene ring substituents is 1. The second-order valence-electron chi connectivity index (χ2n) is 4.01. The number of rotatable bonds is 4. The van der Waals surface area contributed by atoms with Gasteiger partial charge in [-0.3, -0.25) is 10.1 Å². The molecule has 19 heavy (non-hydrogen) atoms. The fraction of sp³-hybridized carbons (Fsp3) is 0.250. The summed E-state index contributed by atoms with van der Waals surface area (Å²) < 4.78 is 0.673. The monoisotopic (exact) mass is 341 g/mol. The van der Waals surface area contributed by atoms with Gasteiger partial charge < -0.3 is 5.32 Å². The highest BCUT2D eigenvalue weighted by molar-refractivity contribution is 9.10. The molecular weight excluding hydrogens is 330 g/mol. The molecule has 1 aromatic carbocycles. The van der Waals surface area contributed by atoms with E-state index in [2.05, 4.69) is 26.2 Å². The van der Waals surface area contributed by atoms with Gasteiger partial charge in [0.15, 0.2) is 0 Å². The zero-order valence-corrected chi connectivity index (χ0v) is 12.8. The van der Waals surface area contributed by atoms with E-state index in [0.29, 0.717) is 11.0 Å². The maximum Gasteiger partial charge on any atom is 0.270 e. The van der Waals surface area contributed by atoms with Crippen molar-refractivity contribution in [3.05, 3.63) is 48.4 Å². The van der Waals surface area contributed by atoms with Gasteiger partial charge in [-0.05, 0) is 35.8 Å². The number of benzene rings is 1. The van der Waals surface area contributed by atoms with Crippen LogP contribution in [0.2, 0.25) is 0 Å². The molecule has 0 aliphatic rings. The summed E-state index contributed by atoms with van der Waals surface area (Å²) in [6, 6.07) is 4.66. The lowest BCUT2D eigenvalue weighted by molar-refractivity contribution is -0.384. The summed E-state index contributed by atoms with van der Waals surface area (Å²) in [7, 11) is 0. The number of nitrogens with zero attached hydrogens (tertiary/aromatic N) is 2. The van der Waals surface area contributed by atoms with E-state index < -0.39 is 4.92 Å². The normalized spacial score (nSPS) is 10.5. The maximum atomic E-state index is 10.6. The Balaban J connectivity index is 2.12. The molecule has 2 rings (SSSR count). The Hall–Kier alpha value is -1.47. The van der Waals surface area contributed by atoms with Gasteiger partial charge in [0.25, 0.3) is 5.69 Å². The molecule has 0 fully saturated rings. The van der Waals surface area contributed by atoms with E-state index in [1.54, 1.807) is 17.4 Å². The number of non-ortho nitro benzene ring substituents is 1. The predicted octanol–water partition coefficient (Wildman–Crippen LogP) is 4.04. The van der Waals surface area contributed by atoms with Gasteiger partial charge in [0.05, 0.1) is 22.2 Å². The number of halogens is 1. The van der Waals surface area contributed by atoms with Crippen LogP contribution in [0.1, 0.15) is 15.6 Å². The predicted molar refractivity (Wildman–Crippen MR) is 79.7 cm³/mol. The zero-order chi connectivity index (χ0) is 14.0. The van der Waals surface area contributed by atoms with Crippen molar-refractivity contribution in [1.82, 2.24) is 4.98 Å². The van der Waals surface area contributed by atoms with Crippen LogP contribution in [0, 0.1) is 24.0 Å². The molecule has 5 nitrogen and oxygen atoms in total. The summed E-state index contributed by atoms with van der Waals surface area (Å²) in [5.41, 5.74) is 1.89. The average Bonchev–Trinajstić information content (AvgIpc) is 2.66. The lowest BCUT2D eigenvalue weighted by Gasteiger charge is -2.07. The van der Waals surface area contributed by atoms with E-state index in [1.807, 2.05) is 13.8 Å². The molecule has 0 radical (unpaired) electrons. The van der Waals surface area contributed by atoms with Crippen molar-refractivity contribution in [2.75, 3.05) is 5.32 Å². The molecule has 100 valence electrons. The van der Waals surface area contributed by atoms with Crippen molar-refractivity contribution < 1.29 is 4.92 Å². The van der Waals surface area contributed by atoms with Crippen molar-refractivity contribution in [2.24, 2.45) is 0 Å². The summed E-state index contributed by atoms with van der Waals surface area (Å²) in [6.07, 6.45) is 0. The topological polar surface area (TPSA) is 68.1 Å². The van der Waals surface area contributed by atoms with E-state index in [9.17, 15) is 10.1 Å². The van der Waals surface area contributed by atoms with Crippen LogP contribution in [-0.2, 0) is 6.54 Å². The number of hydrogen-bond acceptors (Lipinski definition) is 5. The summed E-state index contributed by atoms with van der Waals surface area (Å²) in [4.78, 5) is 15.8. The molecule has 1 heterocycles. The molecule has 0 atom stereocenters. The van der Waals surface area contributed by atoms with Crippen LogP contribution in [0.3, 0.4) is 0 Å². The smallest absolute Gasteiger partial charge is 0.270 e. The summed E-state index contributed by atoms with van der Waals surface area (Å²) >= 11 is 4.99. The van der Waals surface area contributed by atoms with Gasteiger partial charge in [0.2, 0.25) is 0 Å². The van der Waals surface area contributed by atoms with Crippen molar-refractivity contribution in [3.8, 4) is 0 Å². The molecule has 0 unspecified atom stereocenters. The first-order valence-corrected chi connectivity index (χ1v) is 7.19. The van der Waals surface area contributed by atoms with E-state index in [0.717, 1.165) is 16.4 Å². The van der Waals surface area contributed by atoms with Crippen LogP contribution in [0.25, 0.3) is 0 Å². The summed E-state index contributed by atoms with van der Waals surface area (Å²) in [5, 5.41) is 14.9. The second kappa shape index (κ2) is 5.66. The molecule has 0 saturated heterocycles. The molecule has 0 saturated carbocycles. The molecule has 0 aliphatic carbocycles. The lowest BCUT2D eigenvalue weighted by Crippen LogP contribution is -2.02. The molecule has 1 aromatic heterocycles. The number of thiazole rings is 1. The van der Waals surface area contributed by atoms with Crippen LogP contribution in [0.15, 0.2) is 22.7 Å². The molecule has 7 heteroatoms. The number of nitrogens with one attached hydrogen (secondary N) is 1. The third kappa shape index (κ3) is 3.30. The number of aromatic nitrogens is 1. The first kappa shape index (κ1) is 14.0. The lowest BCUT2D eigenvalue weighted by atomic mass is 10.2. The third-order valence-electron chi connectivity index (χ3n) is 2.61. The minimum atomic E-state index is -0.414. The van der Waals surface area contributed by atoms with Crippen LogP contribution in [0.5, 0.6) is 0 Å². The Bertz CT molecular complexity index is 627. The van der Waals surface area contributed by atoms with Crippen LogP contribution in [-0.4, -0.2) is 9.91 Å². The minimum Gasteiger partial charge on any atom is -0.378 e. The number of aryl methyl sites for hydroxylation is 2. The van der Waals surface area contributed by atoms with Crippen molar-refractivity contribution in [2.45, 2.75) is 20.4 Å². The van der Waals surface area contributed by atoms with E-state index in [1.165, 1.54) is 17.0 Å². The Kier molecular flexibility index (Phi) is 4.16.